The molecule has 4 N–H and O–H groups in total. The van der Waals surface area contributed by atoms with Gasteiger partial charge in [-0.15, -0.1) is 0 Å². The number of nitrogen functional groups attached to an aromatic ring is 1. The Hall–Kier alpha value is -2.98. The average molecular weight is 485 g/mol. The molecule has 0 saturated carbocycles. The third-order valence-electron chi connectivity index (χ3n) is 7.08. The minimum Gasteiger partial charge on any atom is -0.382 e. The van der Waals surface area contributed by atoms with Crippen molar-refractivity contribution in [2.75, 3.05) is 23.7 Å². The van der Waals surface area contributed by atoms with Crippen molar-refractivity contribution in [2.24, 2.45) is 18.2 Å². The van der Waals surface area contributed by atoms with Gasteiger partial charge in [-0.2, -0.15) is 4.98 Å². The van der Waals surface area contributed by atoms with Crippen molar-refractivity contribution >= 4 is 23.5 Å². The quantitative estimate of drug-likeness (QED) is 0.582. The molecule has 3 aromatic rings. The molecule has 0 amide bonds. The predicted molar refractivity (Wildman–Crippen MR) is 128 cm³/mol. The highest BCUT2D eigenvalue weighted by molar-refractivity contribution is 7.99. The van der Waals surface area contributed by atoms with Crippen molar-refractivity contribution in [3.63, 3.8) is 0 Å². The first-order valence-electron chi connectivity index (χ1n) is 11.2. The van der Waals surface area contributed by atoms with Crippen LogP contribution >= 0.6 is 11.8 Å². The normalized spacial score (nSPS) is 19.1. The third-order valence-corrected chi connectivity index (χ3v) is 8.16. The SMILES string of the molecule is Cn1c(N2CCC3(CC2)Cc2ccccc2[C@H]3N)nc(N)c(Sc2ccnc(C(F)F)c2)c1=O. The van der Waals surface area contributed by atoms with E-state index in [0.29, 0.717) is 10.8 Å². The summed E-state index contributed by atoms with van der Waals surface area (Å²) < 4.78 is 27.5. The number of aromatic nitrogens is 3. The molecule has 7 nitrogen and oxygen atoms in total. The molecule has 1 aliphatic carbocycles. The Labute approximate surface area is 200 Å². The monoisotopic (exact) mass is 484 g/mol. The largest absolute Gasteiger partial charge is 0.382 e. The van der Waals surface area contributed by atoms with Gasteiger partial charge in [-0.3, -0.25) is 14.3 Å². The fourth-order valence-electron chi connectivity index (χ4n) is 5.15. The Morgan fingerprint density at radius 3 is 2.65 bits per heavy atom. The number of nitrogens with zero attached hydrogens (tertiary/aromatic N) is 4. The molecule has 1 saturated heterocycles. The van der Waals surface area contributed by atoms with Crippen LogP contribution in [-0.2, 0) is 13.5 Å². The molecule has 1 spiro atoms. The van der Waals surface area contributed by atoms with E-state index in [-0.39, 0.29) is 33.4 Å². The van der Waals surface area contributed by atoms with Crippen LogP contribution in [0, 0.1) is 5.41 Å². The van der Waals surface area contributed by atoms with Crippen molar-refractivity contribution < 1.29 is 8.78 Å². The summed E-state index contributed by atoms with van der Waals surface area (Å²) in [5.41, 5.74) is 14.8. The molecule has 3 heterocycles. The molecule has 2 aromatic heterocycles. The number of halogens is 2. The molecular weight excluding hydrogens is 458 g/mol. The maximum atomic E-state index is 13.1. The highest BCUT2D eigenvalue weighted by Crippen LogP contribution is 2.50. The second-order valence-electron chi connectivity index (χ2n) is 9.01. The second-order valence-corrected chi connectivity index (χ2v) is 10.1. The van der Waals surface area contributed by atoms with Gasteiger partial charge in [-0.05, 0) is 47.9 Å². The second kappa shape index (κ2) is 8.66. The van der Waals surface area contributed by atoms with Crippen LogP contribution in [0.1, 0.15) is 42.1 Å². The number of alkyl halides is 2. The third kappa shape index (κ3) is 3.84. The molecule has 2 aliphatic rings. The summed E-state index contributed by atoms with van der Waals surface area (Å²) >= 11 is 1.02. The molecule has 10 heteroatoms. The van der Waals surface area contributed by atoms with Crippen LogP contribution in [-0.4, -0.2) is 27.6 Å². The fraction of sp³-hybridized carbons (Fsp3) is 0.375. The molecule has 178 valence electrons. The minimum atomic E-state index is -2.69. The number of benzene rings is 1. The van der Waals surface area contributed by atoms with Crippen LogP contribution < -0.4 is 21.9 Å². The zero-order valence-electron chi connectivity index (χ0n) is 18.7. The Balaban J connectivity index is 1.36. The Kier molecular flexibility index (Phi) is 5.81. The summed E-state index contributed by atoms with van der Waals surface area (Å²) in [4.78, 5) is 24.1. The fourth-order valence-corrected chi connectivity index (χ4v) is 6.07. The maximum absolute atomic E-state index is 13.1. The summed E-state index contributed by atoms with van der Waals surface area (Å²) in [6.07, 6.45) is 1.35. The van der Waals surface area contributed by atoms with Gasteiger partial charge >= 0.3 is 0 Å². The van der Waals surface area contributed by atoms with E-state index >= 15 is 0 Å². The van der Waals surface area contributed by atoms with Crippen LogP contribution in [0.15, 0.2) is 57.2 Å². The molecular formula is C24H26F2N6OS. The van der Waals surface area contributed by atoms with Crippen LogP contribution in [0.25, 0.3) is 0 Å². The van der Waals surface area contributed by atoms with Crippen molar-refractivity contribution in [1.82, 2.24) is 14.5 Å². The lowest BCUT2D eigenvalue weighted by Crippen LogP contribution is -2.46. The molecule has 5 rings (SSSR count). The van der Waals surface area contributed by atoms with E-state index in [1.54, 1.807) is 13.1 Å². The average Bonchev–Trinajstić information content (AvgIpc) is 3.11. The van der Waals surface area contributed by atoms with Crippen LogP contribution in [0.2, 0.25) is 0 Å². The topological polar surface area (TPSA) is 103 Å². The lowest BCUT2D eigenvalue weighted by molar-refractivity contribution is 0.146. The van der Waals surface area contributed by atoms with Gasteiger partial charge in [0.25, 0.3) is 12.0 Å². The molecule has 1 atom stereocenters. The number of hydrogen-bond acceptors (Lipinski definition) is 7. The maximum Gasteiger partial charge on any atom is 0.280 e. The summed E-state index contributed by atoms with van der Waals surface area (Å²) in [6.45, 7) is 1.44. The molecule has 1 aliphatic heterocycles. The molecule has 0 radical (unpaired) electrons. The van der Waals surface area contributed by atoms with Crippen LogP contribution in [0.4, 0.5) is 20.5 Å². The zero-order chi connectivity index (χ0) is 24.0. The smallest absolute Gasteiger partial charge is 0.280 e. The Morgan fingerprint density at radius 2 is 1.94 bits per heavy atom. The van der Waals surface area contributed by atoms with E-state index in [0.717, 1.165) is 44.1 Å². The zero-order valence-corrected chi connectivity index (χ0v) is 19.6. The first kappa shape index (κ1) is 22.8. The van der Waals surface area contributed by atoms with Crippen molar-refractivity contribution in [1.29, 1.82) is 0 Å². The molecule has 0 unspecified atom stereocenters. The Bertz CT molecular complexity index is 1290. The van der Waals surface area contributed by atoms with E-state index in [4.69, 9.17) is 11.5 Å². The molecule has 1 fully saturated rings. The summed E-state index contributed by atoms with van der Waals surface area (Å²) in [6, 6.07) is 11.2. The van der Waals surface area contributed by atoms with E-state index in [1.165, 1.54) is 28.0 Å². The first-order chi connectivity index (χ1) is 16.3. The van der Waals surface area contributed by atoms with E-state index in [9.17, 15) is 13.6 Å². The number of anilines is 2. The van der Waals surface area contributed by atoms with E-state index < -0.39 is 6.43 Å². The number of pyridine rings is 1. The predicted octanol–water partition coefficient (Wildman–Crippen LogP) is 3.69. The summed E-state index contributed by atoms with van der Waals surface area (Å²) in [5, 5.41) is 0. The van der Waals surface area contributed by atoms with Crippen LogP contribution in [0.5, 0.6) is 0 Å². The minimum absolute atomic E-state index is 0.00460. The van der Waals surface area contributed by atoms with Crippen molar-refractivity contribution in [3.8, 4) is 0 Å². The standard InChI is InChI=1S/C24H26F2N6OS/c1-31-22(33)18(34-15-6-9-29-17(12-15)20(25)26)21(28)30-23(31)32-10-7-24(8-11-32)13-14-4-2-3-5-16(14)19(24)27/h2-6,9,12,19-20H,7-8,10-11,13,27-28H2,1H3/t19-/m1/s1. The van der Waals surface area contributed by atoms with E-state index in [1.807, 2.05) is 6.07 Å². The lowest BCUT2D eigenvalue weighted by Gasteiger charge is -2.42. The van der Waals surface area contributed by atoms with Crippen molar-refractivity contribution in [3.05, 3.63) is 69.8 Å². The summed E-state index contributed by atoms with van der Waals surface area (Å²) in [7, 11) is 1.66. The lowest BCUT2D eigenvalue weighted by atomic mass is 9.73. The van der Waals surface area contributed by atoms with Crippen LogP contribution in [0.3, 0.4) is 0 Å². The highest BCUT2D eigenvalue weighted by Gasteiger charge is 2.46. The van der Waals surface area contributed by atoms with Gasteiger partial charge in [0.2, 0.25) is 5.95 Å². The Morgan fingerprint density at radius 1 is 1.21 bits per heavy atom. The van der Waals surface area contributed by atoms with Gasteiger partial charge in [0.1, 0.15) is 16.4 Å². The van der Waals surface area contributed by atoms with Gasteiger partial charge in [0.15, 0.2) is 0 Å². The van der Waals surface area contributed by atoms with Gasteiger partial charge in [-0.1, -0.05) is 36.0 Å². The van der Waals surface area contributed by atoms with Gasteiger partial charge < -0.3 is 16.4 Å². The van der Waals surface area contributed by atoms with Crippen molar-refractivity contribution in [2.45, 2.75) is 41.5 Å². The van der Waals surface area contributed by atoms with Gasteiger partial charge in [0, 0.05) is 37.3 Å². The number of rotatable bonds is 4. The number of fused-ring (bicyclic) bond motifs is 1. The molecule has 1 aromatic carbocycles. The number of nitrogens with two attached hydrogens (primary N) is 2. The highest BCUT2D eigenvalue weighted by atomic mass is 32.2. The van der Waals surface area contributed by atoms with E-state index in [2.05, 4.69) is 33.1 Å². The van der Waals surface area contributed by atoms with Gasteiger partial charge in [-0.25, -0.2) is 8.78 Å². The first-order valence-corrected chi connectivity index (χ1v) is 12.0. The number of hydrogen-bond donors (Lipinski definition) is 2. The molecule has 0 bridgehead atoms. The van der Waals surface area contributed by atoms with Gasteiger partial charge in [0.05, 0.1) is 0 Å². The number of piperidine rings is 1. The summed E-state index contributed by atoms with van der Waals surface area (Å²) in [5.74, 6) is 0.595. The molecule has 34 heavy (non-hydrogen) atoms.